The largest absolute Gasteiger partial charge is 0.456 e. The predicted octanol–water partition coefficient (Wildman–Crippen LogP) is 7.61. The van der Waals surface area contributed by atoms with Crippen LogP contribution in [0.25, 0.3) is 55.1 Å². The van der Waals surface area contributed by atoms with E-state index in [4.69, 9.17) is 4.42 Å². The van der Waals surface area contributed by atoms with Crippen LogP contribution >= 0.6 is 0 Å². The molecule has 2 heterocycles. The lowest BCUT2D eigenvalue weighted by Crippen LogP contribution is -1.84. The van der Waals surface area contributed by atoms with Gasteiger partial charge < -0.3 is 4.42 Å². The molecule has 2 nitrogen and oxygen atoms in total. The normalized spacial score (nSPS) is 11.5. The summed E-state index contributed by atoms with van der Waals surface area (Å²) in [5.74, 6) is -0.308. The fourth-order valence-corrected chi connectivity index (χ4v) is 4.12. The van der Waals surface area contributed by atoms with Crippen LogP contribution in [0.4, 0.5) is 4.39 Å². The number of halogens is 1. The van der Waals surface area contributed by atoms with Gasteiger partial charge in [-0.1, -0.05) is 60.7 Å². The number of benzene rings is 4. The average Bonchev–Trinajstić information content (AvgIpc) is 3.16. The first-order valence-corrected chi connectivity index (χ1v) is 9.83. The van der Waals surface area contributed by atoms with Crippen LogP contribution in [0.1, 0.15) is 0 Å². The number of fused-ring (bicyclic) bond motifs is 4. The first kappa shape index (κ1) is 16.9. The number of nitrogens with zero attached hydrogens (tertiary/aromatic N) is 1. The molecule has 6 rings (SSSR count). The summed E-state index contributed by atoms with van der Waals surface area (Å²) >= 11 is 0. The fourth-order valence-electron chi connectivity index (χ4n) is 4.12. The zero-order chi connectivity index (χ0) is 20.1. The molecular weight excluding hydrogens is 373 g/mol. The SMILES string of the molecule is Fc1cc(-c2ccccc2)c2c(c1)oc1cc(-c3cc4ccccc4cn3)ccc12. The van der Waals surface area contributed by atoms with E-state index in [0.717, 1.165) is 49.5 Å². The maximum absolute atomic E-state index is 14.3. The lowest BCUT2D eigenvalue weighted by Gasteiger charge is -2.05. The molecule has 0 bridgehead atoms. The van der Waals surface area contributed by atoms with Crippen molar-refractivity contribution < 1.29 is 8.81 Å². The number of aromatic nitrogens is 1. The van der Waals surface area contributed by atoms with Crippen molar-refractivity contribution in [2.45, 2.75) is 0 Å². The first-order chi connectivity index (χ1) is 14.8. The summed E-state index contributed by atoms with van der Waals surface area (Å²) in [6, 6.07) is 29.2. The quantitative estimate of drug-likeness (QED) is 0.305. The van der Waals surface area contributed by atoms with Crippen molar-refractivity contribution >= 4 is 32.7 Å². The second kappa shape index (κ2) is 6.53. The number of hydrogen-bond acceptors (Lipinski definition) is 2. The molecule has 0 spiro atoms. The minimum absolute atomic E-state index is 0.308. The van der Waals surface area contributed by atoms with Gasteiger partial charge >= 0.3 is 0 Å². The summed E-state index contributed by atoms with van der Waals surface area (Å²) in [5.41, 5.74) is 4.91. The van der Waals surface area contributed by atoms with Crippen LogP contribution in [-0.4, -0.2) is 4.98 Å². The van der Waals surface area contributed by atoms with E-state index in [-0.39, 0.29) is 5.82 Å². The molecule has 142 valence electrons. The molecule has 6 aromatic rings. The third kappa shape index (κ3) is 2.67. The molecule has 0 radical (unpaired) electrons. The topological polar surface area (TPSA) is 26.0 Å². The molecule has 30 heavy (non-hydrogen) atoms. The molecule has 0 amide bonds. The first-order valence-electron chi connectivity index (χ1n) is 9.83. The van der Waals surface area contributed by atoms with Crippen molar-refractivity contribution in [3.8, 4) is 22.4 Å². The highest BCUT2D eigenvalue weighted by molar-refractivity contribution is 6.13. The average molecular weight is 389 g/mol. The molecule has 3 heteroatoms. The van der Waals surface area contributed by atoms with Crippen LogP contribution in [0.15, 0.2) is 102 Å². The van der Waals surface area contributed by atoms with Gasteiger partial charge in [-0.15, -0.1) is 0 Å². The van der Waals surface area contributed by atoms with Crippen molar-refractivity contribution in [1.29, 1.82) is 0 Å². The van der Waals surface area contributed by atoms with E-state index in [1.165, 1.54) is 6.07 Å². The molecule has 0 aliphatic carbocycles. The van der Waals surface area contributed by atoms with Crippen LogP contribution in [0, 0.1) is 5.82 Å². The molecular formula is C27H16FNO. The Bertz CT molecular complexity index is 1550. The predicted molar refractivity (Wildman–Crippen MR) is 120 cm³/mol. The number of rotatable bonds is 2. The van der Waals surface area contributed by atoms with Crippen LogP contribution in [0.2, 0.25) is 0 Å². The summed E-state index contributed by atoms with van der Waals surface area (Å²) in [6.07, 6.45) is 1.89. The third-order valence-electron chi connectivity index (χ3n) is 5.55. The Morgan fingerprint density at radius 1 is 0.667 bits per heavy atom. The van der Waals surface area contributed by atoms with Gasteiger partial charge in [-0.3, -0.25) is 4.98 Å². The minimum atomic E-state index is -0.308. The van der Waals surface area contributed by atoms with Crippen LogP contribution < -0.4 is 0 Å². The third-order valence-corrected chi connectivity index (χ3v) is 5.55. The molecule has 0 atom stereocenters. The summed E-state index contributed by atoms with van der Waals surface area (Å²) < 4.78 is 20.4. The van der Waals surface area contributed by atoms with Crippen LogP contribution in [0.3, 0.4) is 0 Å². The second-order valence-electron chi connectivity index (χ2n) is 7.42. The Balaban J connectivity index is 1.58. The van der Waals surface area contributed by atoms with Crippen molar-refractivity contribution in [3.05, 3.63) is 103 Å². The Kier molecular flexibility index (Phi) is 3.68. The number of pyridine rings is 1. The Labute approximate surface area is 172 Å². The van der Waals surface area contributed by atoms with Gasteiger partial charge in [-0.05, 0) is 40.8 Å². The lowest BCUT2D eigenvalue weighted by molar-refractivity contribution is 0.619. The molecule has 0 saturated carbocycles. The molecule has 0 N–H and O–H groups in total. The van der Waals surface area contributed by atoms with E-state index in [1.807, 2.05) is 72.9 Å². The molecule has 2 aromatic heterocycles. The van der Waals surface area contributed by atoms with Gasteiger partial charge in [0.1, 0.15) is 17.0 Å². The van der Waals surface area contributed by atoms with Gasteiger partial charge in [0.25, 0.3) is 0 Å². The Morgan fingerprint density at radius 3 is 2.33 bits per heavy atom. The summed E-state index contributed by atoms with van der Waals surface area (Å²) in [6.45, 7) is 0. The highest BCUT2D eigenvalue weighted by Gasteiger charge is 2.15. The van der Waals surface area contributed by atoms with Gasteiger partial charge in [0.2, 0.25) is 0 Å². The fraction of sp³-hybridized carbons (Fsp3) is 0. The maximum Gasteiger partial charge on any atom is 0.138 e. The molecule has 0 unspecified atom stereocenters. The highest BCUT2D eigenvalue weighted by atomic mass is 19.1. The summed E-state index contributed by atoms with van der Waals surface area (Å²) in [7, 11) is 0. The van der Waals surface area contributed by atoms with Crippen molar-refractivity contribution in [2.24, 2.45) is 0 Å². The van der Waals surface area contributed by atoms with Gasteiger partial charge in [-0.25, -0.2) is 4.39 Å². The van der Waals surface area contributed by atoms with Crippen LogP contribution in [0.5, 0.6) is 0 Å². The van der Waals surface area contributed by atoms with Crippen molar-refractivity contribution in [1.82, 2.24) is 4.98 Å². The van der Waals surface area contributed by atoms with Gasteiger partial charge in [0.05, 0.1) is 5.69 Å². The summed E-state index contributed by atoms with van der Waals surface area (Å²) in [5, 5.41) is 4.14. The standard InChI is InChI=1S/C27H16FNO/c28-21-14-23(17-6-2-1-3-7-17)27-22-11-10-19(13-25(22)30-26(27)15-21)24-12-18-8-4-5-9-20(18)16-29-24/h1-16H. The van der Waals surface area contributed by atoms with Gasteiger partial charge in [-0.2, -0.15) is 0 Å². The smallest absolute Gasteiger partial charge is 0.138 e. The van der Waals surface area contributed by atoms with Gasteiger partial charge in [0, 0.05) is 34.0 Å². The van der Waals surface area contributed by atoms with E-state index >= 15 is 0 Å². The number of hydrogen-bond donors (Lipinski definition) is 0. The molecule has 0 saturated heterocycles. The molecule has 0 fully saturated rings. The van der Waals surface area contributed by atoms with Crippen molar-refractivity contribution in [2.75, 3.05) is 0 Å². The van der Waals surface area contributed by atoms with E-state index in [2.05, 4.69) is 17.1 Å². The van der Waals surface area contributed by atoms with E-state index < -0.39 is 0 Å². The second-order valence-corrected chi connectivity index (χ2v) is 7.42. The zero-order valence-electron chi connectivity index (χ0n) is 16.0. The van der Waals surface area contributed by atoms with Crippen molar-refractivity contribution in [3.63, 3.8) is 0 Å². The Morgan fingerprint density at radius 2 is 1.47 bits per heavy atom. The minimum Gasteiger partial charge on any atom is -0.456 e. The van der Waals surface area contributed by atoms with Gasteiger partial charge in [0.15, 0.2) is 0 Å². The van der Waals surface area contributed by atoms with E-state index in [0.29, 0.717) is 5.58 Å². The zero-order valence-corrected chi connectivity index (χ0v) is 16.0. The monoisotopic (exact) mass is 389 g/mol. The Hall–Kier alpha value is -3.98. The molecule has 4 aromatic carbocycles. The van der Waals surface area contributed by atoms with E-state index in [1.54, 1.807) is 6.07 Å². The lowest BCUT2D eigenvalue weighted by atomic mass is 9.98. The van der Waals surface area contributed by atoms with E-state index in [9.17, 15) is 4.39 Å². The summed E-state index contributed by atoms with van der Waals surface area (Å²) in [4.78, 5) is 4.62. The van der Waals surface area contributed by atoms with Crippen LogP contribution in [-0.2, 0) is 0 Å². The highest BCUT2D eigenvalue weighted by Crippen LogP contribution is 2.38. The molecule has 0 aliphatic heterocycles. The number of furan rings is 1. The molecule has 0 aliphatic rings. The maximum atomic E-state index is 14.3.